The lowest BCUT2D eigenvalue weighted by molar-refractivity contribution is -0.127. The second kappa shape index (κ2) is 10.4. The molecule has 1 heterocycles. The van der Waals surface area contributed by atoms with Crippen molar-refractivity contribution in [3.8, 4) is 11.5 Å². The first-order valence-corrected chi connectivity index (χ1v) is 10.3. The molecular formula is C25H27N3O3. The summed E-state index contributed by atoms with van der Waals surface area (Å²) in [6.45, 7) is 5.84. The number of aryl methyl sites for hydroxylation is 1. The smallest absolute Gasteiger partial charge is 0.251 e. The number of ether oxygens (including phenoxy) is 1. The van der Waals surface area contributed by atoms with Crippen molar-refractivity contribution in [2.75, 3.05) is 5.32 Å². The summed E-state index contributed by atoms with van der Waals surface area (Å²) >= 11 is 0. The maximum Gasteiger partial charge on any atom is 0.251 e. The maximum atomic E-state index is 13.1. The van der Waals surface area contributed by atoms with Crippen LogP contribution >= 0.6 is 0 Å². The van der Waals surface area contributed by atoms with Gasteiger partial charge in [0.15, 0.2) is 0 Å². The van der Waals surface area contributed by atoms with E-state index in [1.165, 1.54) is 0 Å². The summed E-state index contributed by atoms with van der Waals surface area (Å²) in [5, 5.41) is 5.77. The van der Waals surface area contributed by atoms with Crippen LogP contribution in [0.3, 0.4) is 0 Å². The molecule has 0 aliphatic heterocycles. The summed E-state index contributed by atoms with van der Waals surface area (Å²) in [7, 11) is 0. The molecular weight excluding hydrogens is 390 g/mol. The molecule has 0 saturated carbocycles. The molecule has 1 aromatic heterocycles. The highest BCUT2D eigenvalue weighted by Crippen LogP contribution is 2.27. The minimum Gasteiger partial charge on any atom is -0.455 e. The van der Waals surface area contributed by atoms with E-state index in [-0.39, 0.29) is 17.7 Å². The predicted molar refractivity (Wildman–Crippen MR) is 121 cm³/mol. The van der Waals surface area contributed by atoms with Gasteiger partial charge in [0.2, 0.25) is 5.91 Å². The Morgan fingerprint density at radius 1 is 1.03 bits per heavy atom. The normalized spacial score (nSPS) is 11.6. The molecule has 2 N–H and O–H groups in total. The summed E-state index contributed by atoms with van der Waals surface area (Å²) in [5.41, 5.74) is 2.21. The summed E-state index contributed by atoms with van der Waals surface area (Å²) in [6.07, 6.45) is 3.68. The molecule has 3 aromatic rings. The van der Waals surface area contributed by atoms with Gasteiger partial charge in [0.1, 0.15) is 17.5 Å². The van der Waals surface area contributed by atoms with Crippen LogP contribution < -0.4 is 15.4 Å². The number of carbonyl (C=O) groups excluding carboxylic acids is 2. The summed E-state index contributed by atoms with van der Waals surface area (Å²) < 4.78 is 5.84. The molecule has 160 valence electrons. The van der Waals surface area contributed by atoms with E-state index in [2.05, 4.69) is 15.6 Å². The van der Waals surface area contributed by atoms with Crippen LogP contribution in [0.15, 0.2) is 73.1 Å². The molecule has 0 saturated heterocycles. The van der Waals surface area contributed by atoms with E-state index in [0.717, 1.165) is 11.1 Å². The van der Waals surface area contributed by atoms with E-state index < -0.39 is 6.04 Å². The van der Waals surface area contributed by atoms with E-state index in [4.69, 9.17) is 4.74 Å². The average molecular weight is 418 g/mol. The van der Waals surface area contributed by atoms with Crippen LogP contribution in [0.2, 0.25) is 0 Å². The molecule has 0 aliphatic rings. The maximum absolute atomic E-state index is 13.1. The Morgan fingerprint density at radius 3 is 2.45 bits per heavy atom. The summed E-state index contributed by atoms with van der Waals surface area (Å²) in [5.74, 6) is 1.06. The fraction of sp³-hybridized carbons (Fsp3) is 0.240. The largest absolute Gasteiger partial charge is 0.455 e. The zero-order valence-electron chi connectivity index (χ0n) is 18.0. The van der Waals surface area contributed by atoms with Crippen molar-refractivity contribution in [2.24, 2.45) is 5.92 Å². The third kappa shape index (κ3) is 6.40. The topological polar surface area (TPSA) is 80.3 Å². The molecule has 1 unspecified atom stereocenters. The molecule has 6 heteroatoms. The number of amides is 2. The van der Waals surface area contributed by atoms with Gasteiger partial charge >= 0.3 is 0 Å². The van der Waals surface area contributed by atoms with E-state index in [1.807, 2.05) is 63.2 Å². The highest BCUT2D eigenvalue weighted by atomic mass is 16.5. The number of nitrogens with one attached hydrogen (secondary N) is 2. The first-order valence-electron chi connectivity index (χ1n) is 10.3. The molecule has 2 aromatic carbocycles. The number of anilines is 1. The Bertz CT molecular complexity index is 1020. The van der Waals surface area contributed by atoms with E-state index in [1.54, 1.807) is 30.6 Å². The van der Waals surface area contributed by atoms with Gasteiger partial charge in [-0.1, -0.05) is 44.2 Å². The fourth-order valence-corrected chi connectivity index (χ4v) is 3.13. The van der Waals surface area contributed by atoms with Gasteiger partial charge in [0.05, 0.1) is 6.20 Å². The summed E-state index contributed by atoms with van der Waals surface area (Å²) in [4.78, 5) is 29.5. The molecule has 3 rings (SSSR count). The number of hydrogen-bond donors (Lipinski definition) is 2. The number of rotatable bonds is 8. The molecule has 0 aliphatic carbocycles. The first-order chi connectivity index (χ1) is 14.9. The predicted octanol–water partition coefficient (Wildman–Crippen LogP) is 5.02. The molecule has 0 radical (unpaired) electrons. The molecule has 2 amide bonds. The zero-order chi connectivity index (χ0) is 22.2. The van der Waals surface area contributed by atoms with Crippen LogP contribution in [0.1, 0.15) is 37.4 Å². The lowest BCUT2D eigenvalue weighted by atomic mass is 10.0. The molecule has 0 bridgehead atoms. The van der Waals surface area contributed by atoms with Gasteiger partial charge < -0.3 is 15.4 Å². The Balaban J connectivity index is 1.74. The second-order valence-corrected chi connectivity index (χ2v) is 7.77. The molecule has 1 atom stereocenters. The molecule has 31 heavy (non-hydrogen) atoms. The summed E-state index contributed by atoms with van der Waals surface area (Å²) in [6, 6.07) is 17.5. The Kier molecular flexibility index (Phi) is 7.38. The van der Waals surface area contributed by atoms with E-state index >= 15 is 0 Å². The number of pyridine rings is 1. The number of carbonyl (C=O) groups is 2. The number of benzene rings is 2. The van der Waals surface area contributed by atoms with Crippen molar-refractivity contribution in [1.29, 1.82) is 0 Å². The number of nitrogens with zero attached hydrogens (tertiary/aromatic N) is 1. The van der Waals surface area contributed by atoms with Crippen LogP contribution in [0.5, 0.6) is 11.5 Å². The van der Waals surface area contributed by atoms with Crippen molar-refractivity contribution in [1.82, 2.24) is 10.3 Å². The Morgan fingerprint density at radius 2 is 1.81 bits per heavy atom. The van der Waals surface area contributed by atoms with Gasteiger partial charge in [-0.3, -0.25) is 14.6 Å². The minimum absolute atomic E-state index is 0.157. The third-order valence-corrected chi connectivity index (χ3v) is 4.60. The van der Waals surface area contributed by atoms with Crippen molar-refractivity contribution < 1.29 is 14.3 Å². The quantitative estimate of drug-likeness (QED) is 0.539. The zero-order valence-corrected chi connectivity index (χ0v) is 18.0. The SMILES string of the molecule is Cc1cc(NC(=O)C(NC(=O)CC(C)C)c2ccccc2)ccc1Oc1cccnc1. The van der Waals surface area contributed by atoms with Crippen molar-refractivity contribution in [3.05, 3.63) is 84.2 Å². The average Bonchev–Trinajstić information content (AvgIpc) is 2.75. The van der Waals surface area contributed by atoms with Crippen molar-refractivity contribution in [2.45, 2.75) is 33.2 Å². The van der Waals surface area contributed by atoms with E-state index in [0.29, 0.717) is 23.6 Å². The van der Waals surface area contributed by atoms with Gasteiger partial charge in [0.25, 0.3) is 5.91 Å². The third-order valence-electron chi connectivity index (χ3n) is 4.60. The van der Waals surface area contributed by atoms with Crippen LogP contribution in [0, 0.1) is 12.8 Å². The number of hydrogen-bond acceptors (Lipinski definition) is 4. The van der Waals surface area contributed by atoms with E-state index in [9.17, 15) is 9.59 Å². The Hall–Kier alpha value is -3.67. The number of aromatic nitrogens is 1. The van der Waals surface area contributed by atoms with Crippen molar-refractivity contribution in [3.63, 3.8) is 0 Å². The fourth-order valence-electron chi connectivity index (χ4n) is 3.13. The monoisotopic (exact) mass is 417 g/mol. The first kappa shape index (κ1) is 22.0. The molecule has 0 spiro atoms. The lowest BCUT2D eigenvalue weighted by Gasteiger charge is -2.20. The highest BCUT2D eigenvalue weighted by molar-refractivity contribution is 5.98. The van der Waals surface area contributed by atoms with Gasteiger partial charge in [-0.05, 0) is 54.3 Å². The highest BCUT2D eigenvalue weighted by Gasteiger charge is 2.23. The van der Waals surface area contributed by atoms with Crippen LogP contribution in [0.4, 0.5) is 5.69 Å². The lowest BCUT2D eigenvalue weighted by Crippen LogP contribution is -2.37. The van der Waals surface area contributed by atoms with Crippen LogP contribution in [-0.2, 0) is 9.59 Å². The Labute approximate surface area is 182 Å². The van der Waals surface area contributed by atoms with Crippen LogP contribution in [-0.4, -0.2) is 16.8 Å². The molecule has 0 fully saturated rings. The molecule has 6 nitrogen and oxygen atoms in total. The van der Waals surface area contributed by atoms with Crippen LogP contribution in [0.25, 0.3) is 0 Å². The standard InChI is InChI=1S/C25H27N3O3/c1-17(2)14-23(29)28-24(19-8-5-4-6-9-19)25(30)27-20-11-12-22(18(3)15-20)31-21-10-7-13-26-16-21/h4-13,15-17,24H,14H2,1-3H3,(H,27,30)(H,28,29). The minimum atomic E-state index is -0.779. The van der Waals surface area contributed by atoms with Gasteiger partial charge in [-0.25, -0.2) is 0 Å². The second-order valence-electron chi connectivity index (χ2n) is 7.77. The van der Waals surface area contributed by atoms with Gasteiger partial charge in [-0.15, -0.1) is 0 Å². The van der Waals surface area contributed by atoms with Gasteiger partial charge in [-0.2, -0.15) is 0 Å². The van der Waals surface area contributed by atoms with Crippen molar-refractivity contribution >= 4 is 17.5 Å². The van der Waals surface area contributed by atoms with Gasteiger partial charge in [0, 0.05) is 18.3 Å².